The lowest BCUT2D eigenvalue weighted by atomic mass is 9.81. The van der Waals surface area contributed by atoms with E-state index in [2.05, 4.69) is 4.98 Å². The molecule has 31 heavy (non-hydrogen) atoms. The number of fused-ring (bicyclic) bond motifs is 1. The third-order valence-electron chi connectivity index (χ3n) is 5.43. The van der Waals surface area contributed by atoms with Gasteiger partial charge in [0.25, 0.3) is 0 Å². The van der Waals surface area contributed by atoms with Gasteiger partial charge in [0.1, 0.15) is 5.75 Å². The van der Waals surface area contributed by atoms with Gasteiger partial charge in [-0.25, -0.2) is 13.2 Å². The fourth-order valence-corrected chi connectivity index (χ4v) is 4.64. The number of likely N-dealkylation sites (tertiary alicyclic amines) is 1. The predicted octanol–water partition coefficient (Wildman–Crippen LogP) is 1.90. The standard InChI is InChI=1S/C17H24N2O4S.C2HF3O2/c1-24(21,22)11-16(20)19-9-15-3-2-6-17(15,12-19)13-23-10-14-4-7-18-8-5-14;3-2(4,5)1(6)7/h4-5,7-8,15H,2-3,6,9-13H2,1H3;(H,6,7)/t15-,17+;/m1./s1. The summed E-state index contributed by atoms with van der Waals surface area (Å²) in [5.74, 6) is -3.01. The number of aliphatic carboxylic acids is 1. The second-order valence-corrected chi connectivity index (χ2v) is 10.1. The maximum atomic E-state index is 12.2. The van der Waals surface area contributed by atoms with Crippen LogP contribution in [0.3, 0.4) is 0 Å². The Balaban J connectivity index is 0.000000423. The van der Waals surface area contributed by atoms with Crippen molar-refractivity contribution in [2.45, 2.75) is 32.0 Å². The van der Waals surface area contributed by atoms with Crippen LogP contribution >= 0.6 is 0 Å². The number of carboxylic acids is 1. The van der Waals surface area contributed by atoms with E-state index in [0.717, 1.165) is 31.1 Å². The van der Waals surface area contributed by atoms with Gasteiger partial charge in [-0.3, -0.25) is 9.78 Å². The van der Waals surface area contributed by atoms with E-state index in [9.17, 15) is 26.4 Å². The number of alkyl halides is 3. The molecule has 2 atom stereocenters. The van der Waals surface area contributed by atoms with E-state index in [0.29, 0.717) is 32.2 Å². The van der Waals surface area contributed by atoms with Gasteiger partial charge in [-0.15, -0.1) is 0 Å². The van der Waals surface area contributed by atoms with E-state index in [1.807, 2.05) is 12.1 Å². The highest BCUT2D eigenvalue weighted by molar-refractivity contribution is 7.91. The van der Waals surface area contributed by atoms with Crippen LogP contribution in [0.1, 0.15) is 24.8 Å². The molecule has 1 N–H and O–H groups in total. The van der Waals surface area contributed by atoms with Crippen LogP contribution in [0.5, 0.6) is 0 Å². The number of carbonyl (C=O) groups excluding carboxylic acids is 1. The Morgan fingerprint density at radius 3 is 2.48 bits per heavy atom. The lowest BCUT2D eigenvalue weighted by molar-refractivity contribution is -0.192. The summed E-state index contributed by atoms with van der Waals surface area (Å²) >= 11 is 0. The van der Waals surface area contributed by atoms with Gasteiger partial charge in [0.2, 0.25) is 5.91 Å². The molecule has 0 aromatic carbocycles. The summed E-state index contributed by atoms with van der Waals surface area (Å²) in [5.41, 5.74) is 1.07. The van der Waals surface area contributed by atoms with Crippen LogP contribution in [0, 0.1) is 11.3 Å². The molecule has 2 aliphatic rings. The topological polar surface area (TPSA) is 114 Å². The predicted molar refractivity (Wildman–Crippen MR) is 104 cm³/mol. The van der Waals surface area contributed by atoms with Gasteiger partial charge in [0.05, 0.1) is 13.2 Å². The first kappa shape index (κ1) is 25.1. The van der Waals surface area contributed by atoms with E-state index in [1.165, 1.54) is 0 Å². The molecule has 1 aromatic rings. The Morgan fingerprint density at radius 2 is 1.94 bits per heavy atom. The van der Waals surface area contributed by atoms with Crippen LogP contribution in [0.15, 0.2) is 24.5 Å². The van der Waals surface area contributed by atoms with Crippen LogP contribution < -0.4 is 0 Å². The Hall–Kier alpha value is -2.21. The van der Waals surface area contributed by atoms with Crippen LogP contribution in [0.2, 0.25) is 0 Å². The first-order valence-electron chi connectivity index (χ1n) is 9.55. The zero-order valence-corrected chi connectivity index (χ0v) is 17.8. The summed E-state index contributed by atoms with van der Waals surface area (Å²) in [7, 11) is -3.29. The van der Waals surface area contributed by atoms with Gasteiger partial charge < -0.3 is 14.7 Å². The molecule has 0 radical (unpaired) electrons. The molecule has 174 valence electrons. The molecule has 1 aromatic heterocycles. The van der Waals surface area contributed by atoms with Crippen LogP contribution in [-0.2, 0) is 30.8 Å². The minimum atomic E-state index is -5.08. The number of pyridine rings is 1. The third kappa shape index (κ3) is 7.46. The molecule has 1 saturated heterocycles. The summed E-state index contributed by atoms with van der Waals surface area (Å²) < 4.78 is 60.4. The number of sulfone groups is 1. The quantitative estimate of drug-likeness (QED) is 0.681. The molecule has 0 spiro atoms. The highest BCUT2D eigenvalue weighted by Crippen LogP contribution is 2.49. The lowest BCUT2D eigenvalue weighted by Crippen LogP contribution is -2.37. The number of amides is 1. The van der Waals surface area contributed by atoms with Gasteiger partial charge in [-0.05, 0) is 36.5 Å². The van der Waals surface area contributed by atoms with E-state index in [4.69, 9.17) is 14.6 Å². The number of nitrogens with zero attached hydrogens (tertiary/aromatic N) is 2. The van der Waals surface area contributed by atoms with Crippen molar-refractivity contribution in [3.8, 4) is 0 Å². The molecule has 0 bridgehead atoms. The summed E-state index contributed by atoms with van der Waals surface area (Å²) in [6.07, 6.45) is 2.79. The zero-order chi connectivity index (χ0) is 23.3. The Kier molecular flexibility index (Phi) is 8.04. The Bertz CT molecular complexity index is 878. The number of aromatic nitrogens is 1. The van der Waals surface area contributed by atoms with E-state index < -0.39 is 27.7 Å². The normalized spacial score (nSPS) is 23.1. The van der Waals surface area contributed by atoms with Crippen molar-refractivity contribution >= 4 is 21.7 Å². The molecule has 0 unspecified atom stereocenters. The van der Waals surface area contributed by atoms with Crippen molar-refractivity contribution in [2.24, 2.45) is 11.3 Å². The second-order valence-electron chi connectivity index (χ2n) is 7.95. The minimum absolute atomic E-state index is 0.0137. The van der Waals surface area contributed by atoms with Crippen LogP contribution in [0.25, 0.3) is 0 Å². The maximum absolute atomic E-state index is 12.2. The second kappa shape index (κ2) is 9.94. The first-order chi connectivity index (χ1) is 14.3. The zero-order valence-electron chi connectivity index (χ0n) is 17.0. The van der Waals surface area contributed by atoms with Gasteiger partial charge in [-0.2, -0.15) is 13.2 Å². The molecule has 3 rings (SSSR count). The summed E-state index contributed by atoms with van der Waals surface area (Å²) in [6.45, 7) is 2.42. The fraction of sp³-hybridized carbons (Fsp3) is 0.632. The summed E-state index contributed by atoms with van der Waals surface area (Å²) in [5, 5.41) is 7.12. The SMILES string of the molecule is CS(=O)(=O)CC(=O)N1C[C@H]2CCC[C@@]2(COCc2ccncc2)C1.O=C(O)C(F)(F)F. The largest absolute Gasteiger partial charge is 0.490 e. The van der Waals surface area contributed by atoms with Crippen molar-refractivity contribution in [1.29, 1.82) is 0 Å². The van der Waals surface area contributed by atoms with Crippen molar-refractivity contribution < 1.29 is 41.0 Å². The van der Waals surface area contributed by atoms with Gasteiger partial charge in [-0.1, -0.05) is 6.42 Å². The van der Waals surface area contributed by atoms with Crippen molar-refractivity contribution in [2.75, 3.05) is 31.7 Å². The lowest BCUT2D eigenvalue weighted by Gasteiger charge is -2.28. The highest BCUT2D eigenvalue weighted by atomic mass is 32.2. The molecular formula is C19H25F3N2O6S. The molecule has 1 aliphatic heterocycles. The van der Waals surface area contributed by atoms with E-state index >= 15 is 0 Å². The Morgan fingerprint density at radius 1 is 1.32 bits per heavy atom. The average Bonchev–Trinajstić information content (AvgIpc) is 3.18. The molecule has 2 heterocycles. The number of rotatable bonds is 6. The van der Waals surface area contributed by atoms with Crippen LogP contribution in [-0.4, -0.2) is 73.2 Å². The Labute approximate surface area is 178 Å². The molecule has 1 amide bonds. The monoisotopic (exact) mass is 466 g/mol. The van der Waals surface area contributed by atoms with Crippen molar-refractivity contribution in [3.05, 3.63) is 30.1 Å². The van der Waals surface area contributed by atoms with Gasteiger partial charge >= 0.3 is 12.1 Å². The molecule has 8 nitrogen and oxygen atoms in total. The van der Waals surface area contributed by atoms with Gasteiger partial charge in [0.15, 0.2) is 9.84 Å². The molecular weight excluding hydrogens is 441 g/mol. The number of hydrogen-bond donors (Lipinski definition) is 1. The molecule has 12 heteroatoms. The molecule has 1 saturated carbocycles. The van der Waals surface area contributed by atoms with Crippen LogP contribution in [0.4, 0.5) is 13.2 Å². The molecule has 1 aliphatic carbocycles. The smallest absolute Gasteiger partial charge is 0.475 e. The van der Waals surface area contributed by atoms with E-state index in [-0.39, 0.29) is 11.3 Å². The number of hydrogen-bond acceptors (Lipinski definition) is 6. The van der Waals surface area contributed by atoms with Gasteiger partial charge in [0, 0.05) is 37.2 Å². The first-order valence-corrected chi connectivity index (χ1v) is 11.6. The van der Waals surface area contributed by atoms with E-state index in [1.54, 1.807) is 17.3 Å². The number of carboxylic acid groups (broad SMARTS) is 1. The highest BCUT2D eigenvalue weighted by Gasteiger charge is 2.50. The maximum Gasteiger partial charge on any atom is 0.490 e. The molecule has 2 fully saturated rings. The van der Waals surface area contributed by atoms with Crippen molar-refractivity contribution in [3.63, 3.8) is 0 Å². The number of carbonyl (C=O) groups is 2. The summed E-state index contributed by atoms with van der Waals surface area (Å²) in [4.78, 5) is 26.8. The summed E-state index contributed by atoms with van der Waals surface area (Å²) in [6, 6.07) is 3.86. The number of halogens is 3. The fourth-order valence-electron chi connectivity index (χ4n) is 4.01. The van der Waals surface area contributed by atoms with Crippen molar-refractivity contribution in [1.82, 2.24) is 9.88 Å². The minimum Gasteiger partial charge on any atom is -0.475 e. The third-order valence-corrected chi connectivity index (χ3v) is 6.20. The average molecular weight is 466 g/mol. The number of ether oxygens (including phenoxy) is 1.